The Morgan fingerprint density at radius 2 is 1.31 bits per heavy atom. The molecule has 188 valence electrons. The highest BCUT2D eigenvalue weighted by Gasteiger charge is 2.34. The Balaban J connectivity index is 1.93. The van der Waals surface area contributed by atoms with E-state index in [1.807, 2.05) is 0 Å². The number of hydrogen-bond donors (Lipinski definition) is 0. The van der Waals surface area contributed by atoms with Crippen LogP contribution in [0.15, 0.2) is 54.6 Å². The van der Waals surface area contributed by atoms with Gasteiger partial charge >= 0.3 is 0 Å². The minimum atomic E-state index is -0.149. The Morgan fingerprint density at radius 1 is 0.667 bits per heavy atom. The van der Waals surface area contributed by atoms with Gasteiger partial charge in [0.05, 0.1) is 5.69 Å². The summed E-state index contributed by atoms with van der Waals surface area (Å²) >= 11 is 0. The predicted molar refractivity (Wildman–Crippen MR) is 153 cm³/mol. The summed E-state index contributed by atoms with van der Waals surface area (Å²) in [7, 11) is 0. The Morgan fingerprint density at radius 3 is 1.92 bits per heavy atom. The first-order valence-corrected chi connectivity index (χ1v) is 13.0. The zero-order chi connectivity index (χ0) is 26.4. The van der Waals surface area contributed by atoms with Gasteiger partial charge in [-0.3, -0.25) is 4.57 Å². The first-order valence-electron chi connectivity index (χ1n) is 13.0. The SMILES string of the molecule is Cc1ccc(-n2c(-c3cccc(-c4cc(C)c(C)c(C)c4)c3)nnc2C(C)(C)CC(C)(C)C)c(C)c1. The lowest BCUT2D eigenvalue weighted by Crippen LogP contribution is -2.28. The summed E-state index contributed by atoms with van der Waals surface area (Å²) < 4.78 is 2.30. The quantitative estimate of drug-likeness (QED) is 0.286. The van der Waals surface area contributed by atoms with Crippen molar-refractivity contribution >= 4 is 0 Å². The van der Waals surface area contributed by atoms with E-state index in [9.17, 15) is 0 Å². The number of nitrogens with zero attached hydrogens (tertiary/aromatic N) is 3. The van der Waals surface area contributed by atoms with Crippen LogP contribution in [0.25, 0.3) is 28.2 Å². The molecule has 0 radical (unpaired) electrons. The molecule has 1 heterocycles. The van der Waals surface area contributed by atoms with Crippen molar-refractivity contribution in [2.75, 3.05) is 0 Å². The molecule has 0 bridgehead atoms. The van der Waals surface area contributed by atoms with Crippen LogP contribution in [-0.2, 0) is 5.41 Å². The van der Waals surface area contributed by atoms with E-state index in [4.69, 9.17) is 10.2 Å². The third kappa shape index (κ3) is 5.16. The van der Waals surface area contributed by atoms with Gasteiger partial charge in [0.1, 0.15) is 5.82 Å². The van der Waals surface area contributed by atoms with E-state index in [2.05, 4.69) is 128 Å². The summed E-state index contributed by atoms with van der Waals surface area (Å²) in [5, 5.41) is 9.66. The fraction of sp³-hybridized carbons (Fsp3) is 0.394. The molecule has 4 rings (SSSR count). The van der Waals surface area contributed by atoms with Crippen molar-refractivity contribution in [3.8, 4) is 28.2 Å². The molecular formula is C33H41N3. The number of benzene rings is 3. The van der Waals surface area contributed by atoms with E-state index in [0.29, 0.717) is 0 Å². The maximum Gasteiger partial charge on any atom is 0.168 e. The molecule has 0 aliphatic carbocycles. The number of aryl methyl sites for hydroxylation is 4. The van der Waals surface area contributed by atoms with Gasteiger partial charge in [-0.1, -0.05) is 82.6 Å². The fourth-order valence-electron chi connectivity index (χ4n) is 5.64. The average Bonchev–Trinajstić information content (AvgIpc) is 3.21. The first kappa shape index (κ1) is 25.9. The maximum atomic E-state index is 4.84. The van der Waals surface area contributed by atoms with Crippen molar-refractivity contribution < 1.29 is 0 Å². The third-order valence-electron chi connectivity index (χ3n) is 7.21. The largest absolute Gasteiger partial charge is 0.278 e. The summed E-state index contributed by atoms with van der Waals surface area (Å²) in [6, 6.07) is 19.9. The smallest absolute Gasteiger partial charge is 0.168 e. The van der Waals surface area contributed by atoms with E-state index in [0.717, 1.165) is 29.3 Å². The van der Waals surface area contributed by atoms with Crippen LogP contribution >= 0.6 is 0 Å². The second-order valence-corrected chi connectivity index (χ2v) is 12.4. The van der Waals surface area contributed by atoms with Crippen LogP contribution in [0, 0.1) is 40.0 Å². The van der Waals surface area contributed by atoms with Crippen LogP contribution in [0.5, 0.6) is 0 Å². The van der Waals surface area contributed by atoms with Crippen LogP contribution in [0.1, 0.15) is 74.7 Å². The molecule has 36 heavy (non-hydrogen) atoms. The molecule has 0 spiro atoms. The molecular weight excluding hydrogens is 438 g/mol. The molecule has 0 atom stereocenters. The Labute approximate surface area is 217 Å². The molecule has 3 aromatic carbocycles. The molecule has 0 fully saturated rings. The first-order chi connectivity index (χ1) is 16.8. The maximum absolute atomic E-state index is 4.84. The van der Waals surface area contributed by atoms with Crippen LogP contribution in [0.3, 0.4) is 0 Å². The second-order valence-electron chi connectivity index (χ2n) is 12.4. The van der Waals surface area contributed by atoms with Crippen molar-refractivity contribution in [2.24, 2.45) is 5.41 Å². The van der Waals surface area contributed by atoms with E-state index in [1.54, 1.807) is 0 Å². The van der Waals surface area contributed by atoms with Crippen molar-refractivity contribution in [1.82, 2.24) is 14.8 Å². The highest BCUT2D eigenvalue weighted by Crippen LogP contribution is 2.39. The minimum Gasteiger partial charge on any atom is -0.278 e. The van der Waals surface area contributed by atoms with Gasteiger partial charge in [0.2, 0.25) is 0 Å². The van der Waals surface area contributed by atoms with E-state index >= 15 is 0 Å². The molecule has 3 nitrogen and oxygen atoms in total. The van der Waals surface area contributed by atoms with E-state index in [1.165, 1.54) is 38.9 Å². The molecule has 0 saturated heterocycles. The average molecular weight is 480 g/mol. The van der Waals surface area contributed by atoms with Crippen molar-refractivity contribution in [3.05, 3.63) is 88.2 Å². The molecule has 1 aromatic heterocycles. The van der Waals surface area contributed by atoms with Gasteiger partial charge in [-0.25, -0.2) is 0 Å². The van der Waals surface area contributed by atoms with Gasteiger partial charge in [-0.2, -0.15) is 0 Å². The molecule has 0 aliphatic heterocycles. The molecule has 0 amide bonds. The van der Waals surface area contributed by atoms with Crippen molar-refractivity contribution in [1.29, 1.82) is 0 Å². The van der Waals surface area contributed by atoms with Gasteiger partial charge in [0.25, 0.3) is 0 Å². The Hall–Kier alpha value is -3.20. The summed E-state index contributed by atoms with van der Waals surface area (Å²) in [6.45, 7) is 22.4. The van der Waals surface area contributed by atoms with E-state index < -0.39 is 0 Å². The highest BCUT2D eigenvalue weighted by molar-refractivity contribution is 5.72. The predicted octanol–water partition coefficient (Wildman–Crippen LogP) is 8.86. The Kier molecular flexibility index (Phi) is 6.72. The van der Waals surface area contributed by atoms with Crippen LogP contribution in [0.4, 0.5) is 0 Å². The van der Waals surface area contributed by atoms with Gasteiger partial charge in [0, 0.05) is 11.0 Å². The zero-order valence-corrected chi connectivity index (χ0v) is 23.7. The summed E-state index contributed by atoms with van der Waals surface area (Å²) in [5.74, 6) is 1.90. The Bertz CT molecular complexity index is 1390. The normalized spacial score (nSPS) is 12.3. The monoisotopic (exact) mass is 479 g/mol. The van der Waals surface area contributed by atoms with Crippen molar-refractivity contribution in [2.45, 2.75) is 81.1 Å². The zero-order valence-electron chi connectivity index (χ0n) is 23.7. The van der Waals surface area contributed by atoms with Crippen LogP contribution in [-0.4, -0.2) is 14.8 Å². The van der Waals surface area contributed by atoms with Gasteiger partial charge < -0.3 is 0 Å². The summed E-state index contributed by atoms with van der Waals surface area (Å²) in [4.78, 5) is 0. The van der Waals surface area contributed by atoms with Gasteiger partial charge in [-0.05, 0) is 92.0 Å². The minimum absolute atomic E-state index is 0.149. The molecule has 3 heteroatoms. The lowest BCUT2D eigenvalue weighted by atomic mass is 9.75. The van der Waals surface area contributed by atoms with Crippen LogP contribution < -0.4 is 0 Å². The molecule has 0 N–H and O–H groups in total. The molecule has 4 aromatic rings. The lowest BCUT2D eigenvalue weighted by molar-refractivity contribution is 0.272. The summed E-state index contributed by atoms with van der Waals surface area (Å²) in [6.07, 6.45) is 1.00. The molecule has 0 aliphatic rings. The molecule has 0 unspecified atom stereocenters. The van der Waals surface area contributed by atoms with Crippen LogP contribution in [0.2, 0.25) is 0 Å². The van der Waals surface area contributed by atoms with E-state index in [-0.39, 0.29) is 10.8 Å². The number of rotatable bonds is 5. The number of aromatic nitrogens is 3. The number of hydrogen-bond acceptors (Lipinski definition) is 2. The standard InChI is InChI=1S/C33H41N3/c1-21-14-15-29(24(4)16-21)36-30(34-35-31(36)33(9,10)20-32(6,7)8)27-13-11-12-26(19-27)28-17-22(2)25(5)23(3)18-28/h11-19H,20H2,1-10H3. The second kappa shape index (κ2) is 9.35. The fourth-order valence-corrected chi connectivity index (χ4v) is 5.64. The van der Waals surface area contributed by atoms with Gasteiger partial charge in [0.15, 0.2) is 5.82 Å². The van der Waals surface area contributed by atoms with Gasteiger partial charge in [-0.15, -0.1) is 10.2 Å². The van der Waals surface area contributed by atoms with Crippen molar-refractivity contribution in [3.63, 3.8) is 0 Å². The topological polar surface area (TPSA) is 30.7 Å². The lowest BCUT2D eigenvalue weighted by Gasteiger charge is -2.32. The molecule has 0 saturated carbocycles. The highest BCUT2D eigenvalue weighted by atomic mass is 15.3. The summed E-state index contributed by atoms with van der Waals surface area (Å²) in [5.41, 5.74) is 11.2. The third-order valence-corrected chi connectivity index (χ3v) is 7.21.